The molecule has 0 atom stereocenters. The number of rotatable bonds is 12. The molecule has 0 bridgehead atoms. The SMILES string of the molecule is CCN(CC)S(=O)(=O)c1ccc(CCC(=O)NCCCc2cn(-c3ccccc3)nc2C)cc1. The molecule has 0 saturated carbocycles. The van der Waals surface area contributed by atoms with Crippen molar-refractivity contribution in [3.8, 4) is 5.69 Å². The summed E-state index contributed by atoms with van der Waals surface area (Å²) in [4.78, 5) is 12.5. The number of para-hydroxylation sites is 1. The largest absolute Gasteiger partial charge is 0.356 e. The average Bonchev–Trinajstić information content (AvgIpc) is 3.22. The minimum absolute atomic E-state index is 0.00320. The Morgan fingerprint density at radius 2 is 1.68 bits per heavy atom. The van der Waals surface area contributed by atoms with Crippen LogP contribution >= 0.6 is 0 Å². The predicted molar refractivity (Wildman–Crippen MR) is 135 cm³/mol. The van der Waals surface area contributed by atoms with Crippen molar-refractivity contribution in [1.82, 2.24) is 19.4 Å². The normalized spacial score (nSPS) is 11.6. The van der Waals surface area contributed by atoms with Crippen LogP contribution in [0.3, 0.4) is 0 Å². The van der Waals surface area contributed by atoms with Crippen LogP contribution in [-0.2, 0) is 27.7 Å². The van der Waals surface area contributed by atoms with Crippen molar-refractivity contribution in [3.05, 3.63) is 77.6 Å². The van der Waals surface area contributed by atoms with E-state index in [1.165, 1.54) is 9.87 Å². The van der Waals surface area contributed by atoms with Gasteiger partial charge in [-0.25, -0.2) is 13.1 Å². The van der Waals surface area contributed by atoms with E-state index in [0.29, 0.717) is 32.5 Å². The second-order valence-corrected chi connectivity index (χ2v) is 10.1. The topological polar surface area (TPSA) is 84.3 Å². The van der Waals surface area contributed by atoms with E-state index < -0.39 is 10.0 Å². The van der Waals surface area contributed by atoms with E-state index in [1.807, 2.05) is 55.8 Å². The van der Waals surface area contributed by atoms with Crippen LogP contribution in [-0.4, -0.2) is 48.0 Å². The van der Waals surface area contributed by atoms with Crippen molar-refractivity contribution in [3.63, 3.8) is 0 Å². The third kappa shape index (κ3) is 6.55. The Balaban J connectivity index is 1.42. The van der Waals surface area contributed by atoms with Gasteiger partial charge in [0.05, 0.1) is 16.3 Å². The van der Waals surface area contributed by atoms with Crippen molar-refractivity contribution in [2.45, 2.75) is 51.3 Å². The van der Waals surface area contributed by atoms with Gasteiger partial charge in [-0.1, -0.05) is 44.2 Å². The summed E-state index contributed by atoms with van der Waals surface area (Å²) in [7, 11) is -3.46. The molecule has 3 aromatic rings. The zero-order valence-corrected chi connectivity index (χ0v) is 21.0. The fraction of sp³-hybridized carbons (Fsp3) is 0.385. The van der Waals surface area contributed by atoms with Gasteiger partial charge in [0.25, 0.3) is 0 Å². The number of carbonyl (C=O) groups is 1. The van der Waals surface area contributed by atoms with Crippen molar-refractivity contribution in [1.29, 1.82) is 0 Å². The highest BCUT2D eigenvalue weighted by molar-refractivity contribution is 7.89. The van der Waals surface area contributed by atoms with Gasteiger partial charge in [0, 0.05) is 32.3 Å². The Labute approximate surface area is 202 Å². The number of nitrogens with one attached hydrogen (secondary N) is 1. The van der Waals surface area contributed by atoms with Crippen molar-refractivity contribution >= 4 is 15.9 Å². The molecule has 1 aromatic heterocycles. The highest BCUT2D eigenvalue weighted by Gasteiger charge is 2.21. The Morgan fingerprint density at radius 3 is 2.32 bits per heavy atom. The monoisotopic (exact) mass is 482 g/mol. The zero-order valence-electron chi connectivity index (χ0n) is 20.2. The first kappa shape index (κ1) is 25.6. The van der Waals surface area contributed by atoms with Gasteiger partial charge in [0.1, 0.15) is 0 Å². The summed E-state index contributed by atoms with van der Waals surface area (Å²) in [5.74, 6) is -0.00320. The van der Waals surface area contributed by atoms with Crippen LogP contribution in [0, 0.1) is 6.92 Å². The van der Waals surface area contributed by atoms with Crippen LogP contribution in [0.1, 0.15) is 43.5 Å². The number of hydrogen-bond donors (Lipinski definition) is 1. The molecule has 7 nitrogen and oxygen atoms in total. The first-order chi connectivity index (χ1) is 16.3. The average molecular weight is 483 g/mol. The molecule has 0 spiro atoms. The molecule has 0 fully saturated rings. The molecule has 0 aliphatic heterocycles. The number of aryl methyl sites for hydroxylation is 3. The number of nitrogens with zero attached hydrogens (tertiary/aromatic N) is 3. The van der Waals surface area contributed by atoms with Crippen LogP contribution in [0.5, 0.6) is 0 Å². The summed E-state index contributed by atoms with van der Waals surface area (Å²) < 4.78 is 28.5. The number of hydrogen-bond acceptors (Lipinski definition) is 4. The molecule has 0 radical (unpaired) electrons. The smallest absolute Gasteiger partial charge is 0.243 e. The van der Waals surface area contributed by atoms with Gasteiger partial charge in [0.15, 0.2) is 0 Å². The molecule has 2 aromatic carbocycles. The van der Waals surface area contributed by atoms with Gasteiger partial charge in [-0.15, -0.1) is 0 Å². The number of amides is 1. The van der Waals surface area contributed by atoms with Crippen LogP contribution in [0.15, 0.2) is 65.7 Å². The summed E-state index contributed by atoms with van der Waals surface area (Å²) in [6, 6.07) is 16.8. The highest BCUT2D eigenvalue weighted by Crippen LogP contribution is 2.17. The molecule has 0 unspecified atom stereocenters. The Morgan fingerprint density at radius 1 is 1.00 bits per heavy atom. The summed E-state index contributed by atoms with van der Waals surface area (Å²) in [5, 5.41) is 7.57. The lowest BCUT2D eigenvalue weighted by molar-refractivity contribution is -0.121. The standard InChI is InChI=1S/C26H34N4O3S/c1-4-29(5-2)34(32,33)25-16-13-22(14-17-25)15-18-26(31)27-19-9-10-23-20-30(28-21(23)3)24-11-7-6-8-12-24/h6-8,11-14,16-17,20H,4-5,9-10,15,18-19H2,1-3H3,(H,27,31). The lowest BCUT2D eigenvalue weighted by Crippen LogP contribution is -2.30. The summed E-state index contributed by atoms with van der Waals surface area (Å²) in [5.41, 5.74) is 4.15. The van der Waals surface area contributed by atoms with Gasteiger partial charge in [-0.05, 0) is 61.6 Å². The summed E-state index contributed by atoms with van der Waals surface area (Å²) in [6.45, 7) is 7.15. The van der Waals surface area contributed by atoms with E-state index in [4.69, 9.17) is 0 Å². The van der Waals surface area contributed by atoms with E-state index in [2.05, 4.69) is 16.6 Å². The van der Waals surface area contributed by atoms with Crippen LogP contribution in [0.25, 0.3) is 5.69 Å². The minimum Gasteiger partial charge on any atom is -0.356 e. The molecule has 1 heterocycles. The molecular formula is C26H34N4O3S. The molecule has 0 aliphatic rings. The van der Waals surface area contributed by atoms with Crippen LogP contribution in [0.2, 0.25) is 0 Å². The second kappa shape index (κ2) is 11.9. The predicted octanol–water partition coefficient (Wildman–Crippen LogP) is 3.89. The molecule has 1 amide bonds. The maximum atomic E-state index is 12.6. The molecular weight excluding hydrogens is 448 g/mol. The van der Waals surface area contributed by atoms with Crippen molar-refractivity contribution < 1.29 is 13.2 Å². The van der Waals surface area contributed by atoms with Crippen molar-refractivity contribution in [2.75, 3.05) is 19.6 Å². The molecule has 0 aliphatic carbocycles. The van der Waals surface area contributed by atoms with Gasteiger partial charge in [0.2, 0.25) is 15.9 Å². The van der Waals surface area contributed by atoms with Crippen LogP contribution < -0.4 is 5.32 Å². The molecule has 34 heavy (non-hydrogen) atoms. The third-order valence-corrected chi connectivity index (χ3v) is 7.94. The van der Waals surface area contributed by atoms with E-state index in [1.54, 1.807) is 24.3 Å². The lowest BCUT2D eigenvalue weighted by atomic mass is 10.1. The molecule has 182 valence electrons. The minimum atomic E-state index is -3.46. The van der Waals surface area contributed by atoms with E-state index in [9.17, 15) is 13.2 Å². The Kier molecular flexibility index (Phi) is 9.01. The Hall–Kier alpha value is -2.97. The Bertz CT molecular complexity index is 1170. The maximum absolute atomic E-state index is 12.6. The molecule has 3 rings (SSSR count). The van der Waals surface area contributed by atoms with Crippen LogP contribution in [0.4, 0.5) is 0 Å². The van der Waals surface area contributed by atoms with E-state index >= 15 is 0 Å². The number of sulfonamides is 1. The van der Waals surface area contributed by atoms with Gasteiger partial charge in [-0.3, -0.25) is 4.79 Å². The fourth-order valence-corrected chi connectivity index (χ4v) is 5.31. The first-order valence-corrected chi connectivity index (χ1v) is 13.3. The summed E-state index contributed by atoms with van der Waals surface area (Å²) >= 11 is 0. The molecule has 8 heteroatoms. The van der Waals surface area contributed by atoms with Gasteiger partial charge < -0.3 is 5.32 Å². The second-order valence-electron chi connectivity index (χ2n) is 8.21. The summed E-state index contributed by atoms with van der Waals surface area (Å²) in [6.07, 6.45) is 4.68. The first-order valence-electron chi connectivity index (χ1n) is 11.8. The fourth-order valence-electron chi connectivity index (χ4n) is 3.85. The highest BCUT2D eigenvalue weighted by atomic mass is 32.2. The third-order valence-electron chi connectivity index (χ3n) is 5.87. The molecule has 1 N–H and O–H groups in total. The number of benzene rings is 2. The zero-order chi connectivity index (χ0) is 24.6. The number of carbonyl (C=O) groups excluding carboxylic acids is 1. The van der Waals surface area contributed by atoms with Crippen molar-refractivity contribution in [2.24, 2.45) is 0 Å². The van der Waals surface area contributed by atoms with Gasteiger partial charge in [-0.2, -0.15) is 9.40 Å². The van der Waals surface area contributed by atoms with E-state index in [0.717, 1.165) is 29.8 Å². The van der Waals surface area contributed by atoms with E-state index in [-0.39, 0.29) is 10.8 Å². The molecule has 0 saturated heterocycles. The quantitative estimate of drug-likeness (QED) is 0.397. The number of aromatic nitrogens is 2. The van der Waals surface area contributed by atoms with Gasteiger partial charge >= 0.3 is 0 Å². The lowest BCUT2D eigenvalue weighted by Gasteiger charge is -2.18. The maximum Gasteiger partial charge on any atom is 0.243 e.